The van der Waals surface area contributed by atoms with E-state index in [0.717, 1.165) is 4.47 Å². The zero-order valence-corrected chi connectivity index (χ0v) is 22.4. The molecule has 0 aromatic heterocycles. The number of halogens is 2. The molecule has 36 heavy (non-hydrogen) atoms. The summed E-state index contributed by atoms with van der Waals surface area (Å²) in [7, 11) is -4.16. The number of carbonyl (C=O) groups excluding carboxylic acids is 2. The number of sulfonamides is 1. The predicted molar refractivity (Wildman–Crippen MR) is 144 cm³/mol. The molecule has 3 aromatic rings. The fourth-order valence-electron chi connectivity index (χ4n) is 2.84. The van der Waals surface area contributed by atoms with Crippen molar-refractivity contribution in [2.24, 2.45) is 5.73 Å². The monoisotopic (exact) mass is 610 g/mol. The molecule has 0 saturated carbocycles. The van der Waals surface area contributed by atoms with Gasteiger partial charge in [0.15, 0.2) is 11.7 Å². The highest BCUT2D eigenvalue weighted by atomic mass is 79.9. The van der Waals surface area contributed by atoms with E-state index in [1.54, 1.807) is 48.5 Å². The Balaban J connectivity index is 1.52. The van der Waals surface area contributed by atoms with E-state index in [-0.39, 0.29) is 16.6 Å². The third-order valence-electron chi connectivity index (χ3n) is 4.60. The molecular weight excluding hydrogens is 592 g/mol. The maximum atomic E-state index is 12.6. The minimum Gasteiger partial charge on any atom is -0.482 e. The van der Waals surface area contributed by atoms with Crippen molar-refractivity contribution in [3.05, 3.63) is 87.9 Å². The zero-order chi connectivity index (χ0) is 26.3. The summed E-state index contributed by atoms with van der Waals surface area (Å²) in [4.78, 5) is 24.3. The lowest BCUT2D eigenvalue weighted by atomic mass is 10.1. The fourth-order valence-corrected chi connectivity index (χ4v) is 4.81. The van der Waals surface area contributed by atoms with Crippen molar-refractivity contribution < 1.29 is 22.7 Å². The fraction of sp³-hybridized carbons (Fsp3) is 0.0870. The molecule has 0 fully saturated rings. The van der Waals surface area contributed by atoms with Crippen LogP contribution in [0.25, 0.3) is 0 Å². The molecule has 0 aliphatic heterocycles. The Morgan fingerprint density at radius 3 is 2.36 bits per heavy atom. The number of hydrogen-bond donors (Lipinski definition) is 4. The van der Waals surface area contributed by atoms with Crippen molar-refractivity contribution in [3.63, 3.8) is 0 Å². The van der Waals surface area contributed by atoms with Crippen molar-refractivity contribution in [3.8, 4) is 5.75 Å². The van der Waals surface area contributed by atoms with Crippen LogP contribution in [0, 0.1) is 0 Å². The molecule has 2 amide bonds. The van der Waals surface area contributed by atoms with Crippen molar-refractivity contribution in [2.75, 3.05) is 11.9 Å². The van der Waals surface area contributed by atoms with E-state index in [0.29, 0.717) is 22.0 Å². The maximum absolute atomic E-state index is 12.6. The lowest BCUT2D eigenvalue weighted by molar-refractivity contribution is -0.122. The molecule has 3 rings (SSSR count). The first-order valence-corrected chi connectivity index (χ1v) is 13.3. The van der Waals surface area contributed by atoms with Gasteiger partial charge in [0.1, 0.15) is 11.8 Å². The van der Waals surface area contributed by atoms with Crippen LogP contribution >= 0.6 is 39.7 Å². The number of hydrogen-bond acceptors (Lipinski definition) is 7. The van der Waals surface area contributed by atoms with Crippen LogP contribution in [0.4, 0.5) is 5.69 Å². The maximum Gasteiger partial charge on any atom is 0.264 e. The molecule has 5 N–H and O–H groups in total. The first-order valence-electron chi connectivity index (χ1n) is 10.2. The van der Waals surface area contributed by atoms with Crippen molar-refractivity contribution in [2.45, 2.75) is 10.9 Å². The highest BCUT2D eigenvalue weighted by Gasteiger charge is 2.23. The molecule has 9 nitrogen and oxygen atoms in total. The van der Waals surface area contributed by atoms with Gasteiger partial charge in [0.25, 0.3) is 21.8 Å². The number of ether oxygens (including phenoxy) is 1. The molecule has 0 bridgehead atoms. The Labute approximate surface area is 226 Å². The largest absolute Gasteiger partial charge is 0.482 e. The summed E-state index contributed by atoms with van der Waals surface area (Å²) >= 11 is 14.4. The van der Waals surface area contributed by atoms with E-state index < -0.39 is 27.9 Å². The Morgan fingerprint density at radius 2 is 1.72 bits per heavy atom. The summed E-state index contributed by atoms with van der Waals surface area (Å²) in [6.07, 6.45) is 0. The first kappa shape index (κ1) is 27.6. The van der Waals surface area contributed by atoms with Gasteiger partial charge >= 0.3 is 0 Å². The predicted octanol–water partition coefficient (Wildman–Crippen LogP) is 3.50. The lowest BCUT2D eigenvalue weighted by Gasteiger charge is -2.14. The molecule has 0 unspecified atom stereocenters. The summed E-state index contributed by atoms with van der Waals surface area (Å²) in [6, 6.07) is 17.6. The van der Waals surface area contributed by atoms with E-state index in [1.807, 2.05) is 4.72 Å². The van der Waals surface area contributed by atoms with E-state index >= 15 is 0 Å². The summed E-state index contributed by atoms with van der Waals surface area (Å²) in [5.41, 5.74) is 6.74. The number of anilines is 1. The Hall–Kier alpha value is -3.03. The topological polar surface area (TPSA) is 140 Å². The van der Waals surface area contributed by atoms with Crippen molar-refractivity contribution in [1.82, 2.24) is 10.0 Å². The van der Waals surface area contributed by atoms with Crippen LogP contribution in [-0.4, -0.2) is 32.0 Å². The van der Waals surface area contributed by atoms with E-state index in [2.05, 4.69) is 26.6 Å². The molecule has 3 aromatic carbocycles. The van der Waals surface area contributed by atoms with Gasteiger partial charge in [0.05, 0.1) is 9.92 Å². The third-order valence-corrected chi connectivity index (χ3v) is 6.96. The number of benzene rings is 3. The van der Waals surface area contributed by atoms with Crippen LogP contribution in [-0.2, 0) is 19.6 Å². The van der Waals surface area contributed by atoms with Gasteiger partial charge < -0.3 is 15.8 Å². The van der Waals surface area contributed by atoms with Crippen molar-refractivity contribution >= 4 is 72.4 Å². The highest BCUT2D eigenvalue weighted by Crippen LogP contribution is 2.27. The summed E-state index contributed by atoms with van der Waals surface area (Å²) < 4.78 is 33.3. The molecule has 0 saturated heterocycles. The minimum atomic E-state index is -4.16. The second kappa shape index (κ2) is 12.3. The van der Waals surface area contributed by atoms with Gasteiger partial charge in [-0.05, 0) is 60.2 Å². The summed E-state index contributed by atoms with van der Waals surface area (Å²) in [5.74, 6) is -1.05. The number of amides is 2. The number of thiocarbonyl (C=S) groups is 1. The van der Waals surface area contributed by atoms with E-state index in [9.17, 15) is 18.0 Å². The third kappa shape index (κ3) is 7.73. The molecular formula is C23H20BrClN4O5S2. The first-order chi connectivity index (χ1) is 17.0. The Bertz CT molecular complexity index is 1370. The summed E-state index contributed by atoms with van der Waals surface area (Å²) in [6.45, 7) is -0.328. The van der Waals surface area contributed by atoms with Crippen LogP contribution in [0.5, 0.6) is 5.75 Å². The number of nitrogens with one attached hydrogen (secondary N) is 3. The van der Waals surface area contributed by atoms with Crippen LogP contribution < -0.4 is 25.8 Å². The van der Waals surface area contributed by atoms with Crippen LogP contribution in [0.3, 0.4) is 0 Å². The average molecular weight is 612 g/mol. The molecule has 13 heteroatoms. The molecule has 0 aliphatic carbocycles. The Kier molecular flexibility index (Phi) is 9.40. The molecule has 0 spiro atoms. The zero-order valence-electron chi connectivity index (χ0n) is 18.4. The highest BCUT2D eigenvalue weighted by molar-refractivity contribution is 9.10. The van der Waals surface area contributed by atoms with Gasteiger partial charge in [-0.3, -0.25) is 14.9 Å². The quantitative estimate of drug-likeness (QED) is 0.284. The normalized spacial score (nSPS) is 11.8. The number of nitrogens with two attached hydrogens (primary N) is 1. The number of rotatable bonds is 8. The minimum absolute atomic E-state index is 0.0248. The van der Waals surface area contributed by atoms with Crippen LogP contribution in [0.1, 0.15) is 11.6 Å². The van der Waals surface area contributed by atoms with Crippen LogP contribution in [0.2, 0.25) is 5.02 Å². The summed E-state index contributed by atoms with van der Waals surface area (Å²) in [5, 5.41) is 5.52. The van der Waals surface area contributed by atoms with Gasteiger partial charge in [-0.1, -0.05) is 57.9 Å². The molecule has 1 atom stereocenters. The smallest absolute Gasteiger partial charge is 0.264 e. The number of carbonyl (C=O) groups is 2. The lowest BCUT2D eigenvalue weighted by Crippen LogP contribution is -2.38. The van der Waals surface area contributed by atoms with E-state index in [1.165, 1.54) is 24.3 Å². The van der Waals surface area contributed by atoms with Crippen LogP contribution in [0.15, 0.2) is 82.2 Å². The van der Waals surface area contributed by atoms with Gasteiger partial charge in [-0.25, -0.2) is 13.1 Å². The van der Waals surface area contributed by atoms with Gasteiger partial charge in [0.2, 0.25) is 0 Å². The second-order valence-corrected chi connectivity index (χ2v) is 10.7. The molecule has 188 valence electrons. The van der Waals surface area contributed by atoms with Gasteiger partial charge in [-0.2, -0.15) is 0 Å². The van der Waals surface area contributed by atoms with Gasteiger partial charge in [0, 0.05) is 10.2 Å². The van der Waals surface area contributed by atoms with Crippen molar-refractivity contribution in [1.29, 1.82) is 0 Å². The van der Waals surface area contributed by atoms with Gasteiger partial charge in [-0.15, -0.1) is 0 Å². The Morgan fingerprint density at radius 1 is 1.06 bits per heavy atom. The second-order valence-electron chi connectivity index (χ2n) is 7.25. The average Bonchev–Trinajstić information content (AvgIpc) is 2.83. The molecule has 0 radical (unpaired) electrons. The molecule has 0 heterocycles. The SMILES string of the molecule is N[C@H](C(=O)NS(=O)(=O)c1ccc(NC(=S)NC(=O)COc2ccc(Br)cc2Cl)cc1)c1ccccc1. The molecule has 0 aliphatic rings. The standard InChI is InChI=1S/C23H20BrClN4O5S2/c24-15-6-11-19(18(25)12-15)34-13-20(30)28-23(35)27-16-7-9-17(10-8-16)36(32,33)29-22(31)21(26)14-4-2-1-3-5-14/h1-12,21H,13,26H2,(H,29,31)(H2,27,28,30,35)/t21-/m0/s1. The van der Waals surface area contributed by atoms with E-state index in [4.69, 9.17) is 34.3 Å².